The van der Waals surface area contributed by atoms with E-state index >= 15 is 0 Å². The van der Waals surface area contributed by atoms with Crippen LogP contribution in [0.15, 0.2) is 52.1 Å². The number of anilines is 1. The lowest BCUT2D eigenvalue weighted by atomic mass is 10.2. The molecule has 0 unspecified atom stereocenters. The van der Waals surface area contributed by atoms with Crippen LogP contribution in [0.3, 0.4) is 0 Å². The van der Waals surface area contributed by atoms with Gasteiger partial charge in [-0.15, -0.1) is 10.2 Å². The maximum atomic E-state index is 12.5. The molecule has 0 aliphatic carbocycles. The molecule has 1 atom stereocenters. The number of ether oxygens (including phenoxy) is 2. The maximum Gasteiger partial charge on any atom is 0.277 e. The Kier molecular flexibility index (Phi) is 6.36. The molecule has 8 nitrogen and oxygen atoms in total. The summed E-state index contributed by atoms with van der Waals surface area (Å²) in [5.74, 6) is 1.19. The highest BCUT2D eigenvalue weighted by Crippen LogP contribution is 2.31. The number of nitriles is 1. The van der Waals surface area contributed by atoms with Gasteiger partial charge in [-0.25, -0.2) is 0 Å². The van der Waals surface area contributed by atoms with Crippen LogP contribution in [0.25, 0.3) is 11.5 Å². The van der Waals surface area contributed by atoms with Crippen LogP contribution in [0.1, 0.15) is 12.5 Å². The largest absolute Gasteiger partial charge is 0.497 e. The van der Waals surface area contributed by atoms with E-state index in [-0.39, 0.29) is 17.0 Å². The third-order valence-corrected chi connectivity index (χ3v) is 4.89. The second kappa shape index (κ2) is 9.12. The van der Waals surface area contributed by atoms with Crippen molar-refractivity contribution in [3.8, 4) is 29.0 Å². The molecule has 0 aliphatic rings. The number of hydrogen-bond acceptors (Lipinski definition) is 8. The quantitative estimate of drug-likeness (QED) is 0.587. The number of amides is 1. The molecule has 0 saturated carbocycles. The van der Waals surface area contributed by atoms with E-state index in [0.717, 1.165) is 11.8 Å². The van der Waals surface area contributed by atoms with E-state index in [9.17, 15) is 4.79 Å². The highest BCUT2D eigenvalue weighted by molar-refractivity contribution is 8.00. The van der Waals surface area contributed by atoms with Crippen LogP contribution in [0.2, 0.25) is 0 Å². The van der Waals surface area contributed by atoms with E-state index in [1.54, 1.807) is 63.6 Å². The Morgan fingerprint density at radius 3 is 2.52 bits per heavy atom. The molecule has 1 amide bonds. The van der Waals surface area contributed by atoms with Gasteiger partial charge in [-0.3, -0.25) is 4.79 Å². The summed E-state index contributed by atoms with van der Waals surface area (Å²) in [4.78, 5) is 12.5. The summed E-state index contributed by atoms with van der Waals surface area (Å²) < 4.78 is 16.2. The van der Waals surface area contributed by atoms with Crippen molar-refractivity contribution in [1.29, 1.82) is 5.26 Å². The van der Waals surface area contributed by atoms with E-state index in [4.69, 9.17) is 19.2 Å². The number of nitrogens with one attached hydrogen (secondary N) is 1. The summed E-state index contributed by atoms with van der Waals surface area (Å²) in [6.45, 7) is 1.72. The van der Waals surface area contributed by atoms with Crippen molar-refractivity contribution in [2.75, 3.05) is 19.5 Å². The van der Waals surface area contributed by atoms with Gasteiger partial charge >= 0.3 is 0 Å². The van der Waals surface area contributed by atoms with Crippen molar-refractivity contribution in [3.63, 3.8) is 0 Å². The van der Waals surface area contributed by atoms with E-state index in [1.807, 2.05) is 6.07 Å². The zero-order valence-corrected chi connectivity index (χ0v) is 16.8. The molecule has 0 spiro atoms. The normalized spacial score (nSPS) is 11.4. The Hall–Kier alpha value is -3.51. The summed E-state index contributed by atoms with van der Waals surface area (Å²) >= 11 is 1.12. The van der Waals surface area contributed by atoms with E-state index in [1.165, 1.54) is 0 Å². The Bertz CT molecular complexity index is 1040. The molecule has 1 aromatic heterocycles. The number of aromatic nitrogens is 2. The van der Waals surface area contributed by atoms with Crippen LogP contribution < -0.4 is 14.8 Å². The Morgan fingerprint density at radius 2 is 1.86 bits per heavy atom. The summed E-state index contributed by atoms with van der Waals surface area (Å²) in [5.41, 5.74) is 1.49. The Balaban J connectivity index is 1.71. The highest BCUT2D eigenvalue weighted by Gasteiger charge is 2.20. The second-order valence-electron chi connectivity index (χ2n) is 5.88. The van der Waals surface area contributed by atoms with Gasteiger partial charge in [0, 0.05) is 11.6 Å². The van der Waals surface area contributed by atoms with Crippen LogP contribution in [0.5, 0.6) is 11.5 Å². The molecule has 0 saturated heterocycles. The third-order valence-electron chi connectivity index (χ3n) is 3.96. The van der Waals surface area contributed by atoms with Crippen LogP contribution >= 0.6 is 11.8 Å². The van der Waals surface area contributed by atoms with Gasteiger partial charge < -0.3 is 19.2 Å². The SMILES string of the molecule is COc1cc(OC)cc(-c2nnc(S[C@H](C)C(=O)Nc3ccccc3C#N)o2)c1. The molecule has 9 heteroatoms. The number of benzene rings is 2. The first-order valence-corrected chi connectivity index (χ1v) is 9.45. The highest BCUT2D eigenvalue weighted by atomic mass is 32.2. The summed E-state index contributed by atoms with van der Waals surface area (Å²) in [6.07, 6.45) is 0. The van der Waals surface area contributed by atoms with Gasteiger partial charge in [-0.05, 0) is 31.2 Å². The number of carbonyl (C=O) groups is 1. The number of thioether (sulfide) groups is 1. The molecule has 29 heavy (non-hydrogen) atoms. The molecule has 0 aliphatic heterocycles. The zero-order valence-electron chi connectivity index (χ0n) is 16.0. The summed E-state index contributed by atoms with van der Waals surface area (Å²) in [5, 5.41) is 19.6. The van der Waals surface area contributed by atoms with Gasteiger partial charge in [0.15, 0.2) is 0 Å². The Morgan fingerprint density at radius 1 is 1.17 bits per heavy atom. The van der Waals surface area contributed by atoms with Gasteiger partial charge in [0.1, 0.15) is 17.6 Å². The number of nitrogens with zero attached hydrogens (tertiary/aromatic N) is 3. The number of rotatable bonds is 7. The summed E-state index contributed by atoms with van der Waals surface area (Å²) in [6, 6.07) is 14.1. The minimum atomic E-state index is -0.519. The standard InChI is InChI=1S/C20H18N4O4S/c1-12(18(25)22-17-7-5-4-6-13(17)11-21)29-20-24-23-19(28-20)14-8-15(26-2)10-16(9-14)27-3/h4-10,12H,1-3H3,(H,22,25)/t12-/m1/s1. The minimum absolute atomic E-state index is 0.248. The lowest BCUT2D eigenvalue weighted by Crippen LogP contribution is -2.22. The summed E-state index contributed by atoms with van der Waals surface area (Å²) in [7, 11) is 3.11. The number of para-hydroxylation sites is 1. The average molecular weight is 410 g/mol. The lowest BCUT2D eigenvalue weighted by molar-refractivity contribution is -0.115. The minimum Gasteiger partial charge on any atom is -0.497 e. The van der Waals surface area contributed by atoms with Gasteiger partial charge in [0.25, 0.3) is 5.22 Å². The van der Waals surface area contributed by atoms with Crippen molar-refractivity contribution in [2.45, 2.75) is 17.4 Å². The van der Waals surface area contributed by atoms with Gasteiger partial charge in [0.2, 0.25) is 11.8 Å². The fourth-order valence-corrected chi connectivity index (χ4v) is 3.12. The molecular weight excluding hydrogens is 392 g/mol. The maximum absolute atomic E-state index is 12.5. The fraction of sp³-hybridized carbons (Fsp3) is 0.200. The van der Waals surface area contributed by atoms with Gasteiger partial charge in [-0.2, -0.15) is 5.26 Å². The van der Waals surface area contributed by atoms with E-state index in [2.05, 4.69) is 15.5 Å². The second-order valence-corrected chi connectivity index (χ2v) is 7.17. The molecule has 3 rings (SSSR count). The van der Waals surface area contributed by atoms with Crippen molar-refractivity contribution in [1.82, 2.24) is 10.2 Å². The monoisotopic (exact) mass is 410 g/mol. The zero-order chi connectivity index (χ0) is 20.8. The van der Waals surface area contributed by atoms with Crippen molar-refractivity contribution in [2.24, 2.45) is 0 Å². The van der Waals surface area contributed by atoms with Crippen molar-refractivity contribution < 1.29 is 18.7 Å². The molecule has 148 valence electrons. The number of methoxy groups -OCH3 is 2. The molecule has 1 N–H and O–H groups in total. The first-order chi connectivity index (χ1) is 14.0. The molecule has 0 bridgehead atoms. The van der Waals surface area contributed by atoms with E-state index in [0.29, 0.717) is 28.3 Å². The first-order valence-electron chi connectivity index (χ1n) is 8.57. The predicted octanol–water partition coefficient (Wildman–Crippen LogP) is 3.74. The van der Waals surface area contributed by atoms with Crippen molar-refractivity contribution in [3.05, 3.63) is 48.0 Å². The predicted molar refractivity (Wildman–Crippen MR) is 108 cm³/mol. The molecule has 1 heterocycles. The lowest BCUT2D eigenvalue weighted by Gasteiger charge is -2.10. The van der Waals surface area contributed by atoms with Crippen LogP contribution in [0.4, 0.5) is 5.69 Å². The van der Waals surface area contributed by atoms with Crippen LogP contribution in [0, 0.1) is 11.3 Å². The van der Waals surface area contributed by atoms with Gasteiger partial charge in [-0.1, -0.05) is 23.9 Å². The smallest absolute Gasteiger partial charge is 0.277 e. The average Bonchev–Trinajstić information content (AvgIpc) is 3.22. The fourth-order valence-electron chi connectivity index (χ4n) is 2.43. The topological polar surface area (TPSA) is 110 Å². The van der Waals surface area contributed by atoms with Crippen LogP contribution in [-0.2, 0) is 4.79 Å². The molecule has 3 aromatic rings. The van der Waals surface area contributed by atoms with E-state index < -0.39 is 5.25 Å². The first kappa shape index (κ1) is 20.2. The van der Waals surface area contributed by atoms with Crippen LogP contribution in [-0.4, -0.2) is 35.6 Å². The third kappa shape index (κ3) is 4.86. The number of carbonyl (C=O) groups excluding carboxylic acids is 1. The van der Waals surface area contributed by atoms with Crippen molar-refractivity contribution >= 4 is 23.4 Å². The molecular formula is C20H18N4O4S. The number of hydrogen-bond donors (Lipinski definition) is 1. The van der Waals surface area contributed by atoms with Gasteiger partial charge in [0.05, 0.1) is 30.7 Å². The molecule has 2 aromatic carbocycles. The molecule has 0 radical (unpaired) electrons. The molecule has 0 fully saturated rings. The Labute approximate surface area is 171 Å².